The highest BCUT2D eigenvalue weighted by Crippen LogP contribution is 2.14. The summed E-state index contributed by atoms with van der Waals surface area (Å²) in [5, 5.41) is 4.05. The van der Waals surface area contributed by atoms with E-state index in [1.807, 2.05) is 31.3 Å². The number of halogens is 1. The number of benzene rings is 1. The number of anilines is 1. The number of cyclic esters (lactones) is 1. The molecule has 1 aromatic carbocycles. The van der Waals surface area contributed by atoms with E-state index in [0.717, 1.165) is 10.2 Å². The van der Waals surface area contributed by atoms with Gasteiger partial charge in [-0.25, -0.2) is 4.79 Å². The smallest absolute Gasteiger partial charge is 0.376 e. The maximum atomic E-state index is 11.4. The molecule has 1 saturated heterocycles. The number of hydrogen-bond donors (Lipinski definition) is 1. The summed E-state index contributed by atoms with van der Waals surface area (Å²) < 4.78 is 5.90. The minimum absolute atomic E-state index is 0.291. The van der Waals surface area contributed by atoms with Crippen molar-refractivity contribution in [1.29, 1.82) is 0 Å². The zero-order valence-electron chi connectivity index (χ0n) is 9.31. The fourth-order valence-corrected chi connectivity index (χ4v) is 1.64. The molecule has 1 aliphatic rings. The predicted octanol–water partition coefficient (Wildman–Crippen LogP) is 1.66. The molecule has 0 spiro atoms. The molecule has 1 heterocycles. The van der Waals surface area contributed by atoms with Gasteiger partial charge in [0.25, 0.3) is 0 Å². The molecule has 17 heavy (non-hydrogen) atoms. The van der Waals surface area contributed by atoms with Crippen LogP contribution in [0.5, 0.6) is 0 Å². The molecule has 1 aliphatic heterocycles. The van der Waals surface area contributed by atoms with E-state index in [-0.39, 0.29) is 0 Å². The summed E-state index contributed by atoms with van der Waals surface area (Å²) in [4.78, 5) is 13.2. The minimum atomic E-state index is -0.400. The fourth-order valence-electron chi connectivity index (χ4n) is 1.37. The maximum Gasteiger partial charge on any atom is 0.376 e. The summed E-state index contributed by atoms with van der Waals surface area (Å²) in [7, 11) is 1.81. The van der Waals surface area contributed by atoms with E-state index in [1.165, 1.54) is 0 Å². The van der Waals surface area contributed by atoms with Crippen LogP contribution in [0.15, 0.2) is 33.8 Å². The third-order valence-corrected chi connectivity index (χ3v) is 2.87. The zero-order valence-corrected chi connectivity index (χ0v) is 10.9. The lowest BCUT2D eigenvalue weighted by atomic mass is 10.3. The van der Waals surface area contributed by atoms with Crippen LogP contribution >= 0.6 is 15.9 Å². The first-order valence-corrected chi connectivity index (χ1v) is 5.93. The summed E-state index contributed by atoms with van der Waals surface area (Å²) in [6, 6.07) is 7.52. The van der Waals surface area contributed by atoms with E-state index in [1.54, 1.807) is 4.90 Å². The highest BCUT2D eigenvalue weighted by molar-refractivity contribution is 9.10. The van der Waals surface area contributed by atoms with Crippen LogP contribution in [0.25, 0.3) is 0 Å². The van der Waals surface area contributed by atoms with Crippen LogP contribution < -0.4 is 5.43 Å². The van der Waals surface area contributed by atoms with Crippen LogP contribution in [0.3, 0.4) is 0 Å². The molecule has 90 valence electrons. The Morgan fingerprint density at radius 3 is 2.76 bits per heavy atom. The van der Waals surface area contributed by atoms with Crippen LogP contribution in [0.2, 0.25) is 0 Å². The number of ether oxygens (including phenoxy) is 1. The Balaban J connectivity index is 2.08. The Morgan fingerprint density at radius 2 is 2.12 bits per heavy atom. The number of carbonyl (C=O) groups is 1. The molecule has 0 aromatic heterocycles. The second-order valence-electron chi connectivity index (χ2n) is 3.61. The lowest BCUT2D eigenvalue weighted by Crippen LogP contribution is -2.43. The summed E-state index contributed by atoms with van der Waals surface area (Å²) in [5.74, 6) is -0.109. The first-order chi connectivity index (χ1) is 8.16. The SMILES string of the molecule is CN1CCOC(=O)/C1=N\Nc1ccc(Br)cc1. The normalized spacial score (nSPS) is 18.1. The molecule has 1 aromatic rings. The predicted molar refractivity (Wildman–Crippen MR) is 68.8 cm³/mol. The van der Waals surface area contributed by atoms with Gasteiger partial charge >= 0.3 is 5.97 Å². The zero-order chi connectivity index (χ0) is 12.3. The molecule has 2 rings (SSSR count). The summed E-state index contributed by atoms with van der Waals surface area (Å²) in [6.45, 7) is 1.07. The van der Waals surface area contributed by atoms with Gasteiger partial charge in [-0.15, -0.1) is 5.10 Å². The average molecular weight is 298 g/mol. The number of amidine groups is 1. The summed E-state index contributed by atoms with van der Waals surface area (Å²) in [6.07, 6.45) is 0. The molecular weight excluding hydrogens is 286 g/mol. The molecule has 0 bridgehead atoms. The Bertz CT molecular complexity index is 445. The lowest BCUT2D eigenvalue weighted by molar-refractivity contribution is -0.138. The van der Waals surface area contributed by atoms with Crippen molar-refractivity contribution in [2.24, 2.45) is 5.10 Å². The molecule has 0 saturated carbocycles. The van der Waals surface area contributed by atoms with Gasteiger partial charge < -0.3 is 9.64 Å². The Kier molecular flexibility index (Phi) is 3.63. The number of nitrogens with one attached hydrogen (secondary N) is 1. The number of carbonyl (C=O) groups excluding carboxylic acids is 1. The summed E-state index contributed by atoms with van der Waals surface area (Å²) >= 11 is 3.35. The van der Waals surface area contributed by atoms with Crippen LogP contribution in [-0.4, -0.2) is 36.9 Å². The number of hydrazone groups is 1. The number of hydrogen-bond acceptors (Lipinski definition) is 4. The highest BCUT2D eigenvalue weighted by atomic mass is 79.9. The average Bonchev–Trinajstić information content (AvgIpc) is 2.31. The highest BCUT2D eigenvalue weighted by Gasteiger charge is 2.23. The van der Waals surface area contributed by atoms with Gasteiger partial charge in [0.05, 0.1) is 12.2 Å². The molecule has 0 radical (unpaired) electrons. The van der Waals surface area contributed by atoms with E-state index >= 15 is 0 Å². The number of esters is 1. The number of rotatable bonds is 2. The van der Waals surface area contributed by atoms with E-state index < -0.39 is 5.97 Å². The van der Waals surface area contributed by atoms with Gasteiger partial charge in [-0.05, 0) is 24.3 Å². The lowest BCUT2D eigenvalue weighted by Gasteiger charge is -2.24. The van der Waals surface area contributed by atoms with Crippen molar-refractivity contribution in [2.45, 2.75) is 0 Å². The van der Waals surface area contributed by atoms with Crippen LogP contribution in [0.1, 0.15) is 0 Å². The molecule has 1 fully saturated rings. The van der Waals surface area contributed by atoms with Crippen molar-refractivity contribution in [2.75, 3.05) is 25.6 Å². The van der Waals surface area contributed by atoms with Crippen molar-refractivity contribution in [1.82, 2.24) is 4.90 Å². The summed E-state index contributed by atoms with van der Waals surface area (Å²) in [5.41, 5.74) is 3.64. The van der Waals surface area contributed by atoms with Crippen LogP contribution in [0.4, 0.5) is 5.69 Å². The van der Waals surface area contributed by atoms with Crippen molar-refractivity contribution < 1.29 is 9.53 Å². The largest absolute Gasteiger partial charge is 0.458 e. The molecule has 5 nitrogen and oxygen atoms in total. The molecule has 0 amide bonds. The van der Waals surface area contributed by atoms with Gasteiger partial charge in [0.15, 0.2) is 0 Å². The van der Waals surface area contributed by atoms with E-state index in [9.17, 15) is 4.79 Å². The Labute approximate surface area is 108 Å². The first kappa shape index (κ1) is 11.9. The molecule has 6 heteroatoms. The quantitative estimate of drug-likeness (QED) is 0.666. The third kappa shape index (κ3) is 2.97. The second kappa shape index (κ2) is 5.18. The maximum absolute atomic E-state index is 11.4. The van der Waals surface area contributed by atoms with Gasteiger partial charge in [-0.1, -0.05) is 15.9 Å². The standard InChI is InChI=1S/C11H12BrN3O2/c1-15-6-7-17-11(16)10(15)14-13-9-4-2-8(12)3-5-9/h2-5,13H,6-7H2,1H3/b14-10+. The van der Waals surface area contributed by atoms with Crippen molar-refractivity contribution in [3.8, 4) is 0 Å². The van der Waals surface area contributed by atoms with E-state index in [4.69, 9.17) is 4.74 Å². The van der Waals surface area contributed by atoms with E-state index in [0.29, 0.717) is 19.0 Å². The van der Waals surface area contributed by atoms with Gasteiger partial charge in [0, 0.05) is 11.5 Å². The van der Waals surface area contributed by atoms with Crippen molar-refractivity contribution >= 4 is 33.4 Å². The molecule has 0 aliphatic carbocycles. The van der Waals surface area contributed by atoms with Crippen LogP contribution in [-0.2, 0) is 9.53 Å². The monoisotopic (exact) mass is 297 g/mol. The third-order valence-electron chi connectivity index (χ3n) is 2.34. The Hall–Kier alpha value is -1.56. The Morgan fingerprint density at radius 1 is 1.41 bits per heavy atom. The number of nitrogens with zero attached hydrogens (tertiary/aromatic N) is 2. The number of likely N-dealkylation sites (N-methyl/N-ethyl adjacent to an activating group) is 1. The molecule has 0 atom stereocenters. The van der Waals surface area contributed by atoms with E-state index in [2.05, 4.69) is 26.5 Å². The van der Waals surface area contributed by atoms with Crippen LogP contribution in [0, 0.1) is 0 Å². The number of morpholine rings is 1. The van der Waals surface area contributed by atoms with Crippen molar-refractivity contribution in [3.05, 3.63) is 28.7 Å². The van der Waals surface area contributed by atoms with Gasteiger partial charge in [-0.3, -0.25) is 5.43 Å². The molecule has 1 N–H and O–H groups in total. The first-order valence-electron chi connectivity index (χ1n) is 5.14. The fraction of sp³-hybridized carbons (Fsp3) is 0.273. The van der Waals surface area contributed by atoms with Gasteiger partial charge in [0.1, 0.15) is 6.61 Å². The second-order valence-corrected chi connectivity index (χ2v) is 4.53. The molecule has 0 unspecified atom stereocenters. The minimum Gasteiger partial charge on any atom is -0.458 e. The van der Waals surface area contributed by atoms with Crippen molar-refractivity contribution in [3.63, 3.8) is 0 Å². The topological polar surface area (TPSA) is 53.9 Å². The van der Waals surface area contributed by atoms with Gasteiger partial charge in [-0.2, -0.15) is 0 Å². The molecular formula is C11H12BrN3O2. The van der Waals surface area contributed by atoms with Gasteiger partial charge in [0.2, 0.25) is 5.84 Å².